The van der Waals surface area contributed by atoms with E-state index in [4.69, 9.17) is 0 Å². The van der Waals surface area contributed by atoms with Gasteiger partial charge in [0.05, 0.1) is 6.54 Å². The fourth-order valence-corrected chi connectivity index (χ4v) is 1.22. The van der Waals surface area contributed by atoms with Gasteiger partial charge in [0, 0.05) is 32.5 Å². The number of nitrogens with zero attached hydrogens (tertiary/aromatic N) is 2. The highest BCUT2D eigenvalue weighted by Crippen LogP contribution is 1.89. The lowest BCUT2D eigenvalue weighted by Gasteiger charge is -2.11. The summed E-state index contributed by atoms with van der Waals surface area (Å²) in [6.45, 7) is 1.02. The van der Waals surface area contributed by atoms with Crippen LogP contribution in [0.15, 0.2) is 29.5 Å². The quantitative estimate of drug-likeness (QED) is 0.476. The van der Waals surface area contributed by atoms with Crippen molar-refractivity contribution in [2.24, 2.45) is 4.99 Å². The van der Waals surface area contributed by atoms with E-state index in [1.807, 2.05) is 29.1 Å². The van der Waals surface area contributed by atoms with Crippen LogP contribution in [0.4, 0.5) is 8.78 Å². The van der Waals surface area contributed by atoms with E-state index < -0.39 is 6.43 Å². The SMILES string of the molecule is CN=C(NCCn1cccc1)NCC(F)F.I. The summed E-state index contributed by atoms with van der Waals surface area (Å²) in [5, 5.41) is 5.48. The van der Waals surface area contributed by atoms with Crippen molar-refractivity contribution >= 4 is 29.9 Å². The summed E-state index contributed by atoms with van der Waals surface area (Å²) in [6.07, 6.45) is 1.51. The molecule has 0 unspecified atom stereocenters. The summed E-state index contributed by atoms with van der Waals surface area (Å²) in [7, 11) is 1.55. The molecule has 0 aliphatic heterocycles. The van der Waals surface area contributed by atoms with Gasteiger partial charge in [-0.15, -0.1) is 24.0 Å². The van der Waals surface area contributed by atoms with Crippen molar-refractivity contribution in [3.8, 4) is 0 Å². The number of hydrogen-bond donors (Lipinski definition) is 2. The lowest BCUT2D eigenvalue weighted by Crippen LogP contribution is -2.40. The zero-order chi connectivity index (χ0) is 11.8. The minimum Gasteiger partial charge on any atom is -0.355 e. The van der Waals surface area contributed by atoms with E-state index in [1.165, 1.54) is 0 Å². The van der Waals surface area contributed by atoms with Gasteiger partial charge in [-0.05, 0) is 12.1 Å². The first kappa shape index (κ1) is 16.1. The molecule has 0 aliphatic carbocycles. The predicted octanol–water partition coefficient (Wildman–Crippen LogP) is 1.54. The molecule has 0 amide bonds. The molecule has 4 nitrogen and oxygen atoms in total. The highest BCUT2D eigenvalue weighted by molar-refractivity contribution is 14.0. The summed E-state index contributed by atoms with van der Waals surface area (Å²) in [4.78, 5) is 3.83. The topological polar surface area (TPSA) is 41.4 Å². The summed E-state index contributed by atoms with van der Waals surface area (Å²) in [5.41, 5.74) is 0. The molecular formula is C10H17F2IN4. The second-order valence-corrected chi connectivity index (χ2v) is 3.19. The van der Waals surface area contributed by atoms with Crippen molar-refractivity contribution < 1.29 is 8.78 Å². The molecule has 0 fully saturated rings. The zero-order valence-electron chi connectivity index (χ0n) is 9.57. The minimum atomic E-state index is -2.37. The van der Waals surface area contributed by atoms with Crippen LogP contribution in [0.1, 0.15) is 0 Å². The van der Waals surface area contributed by atoms with E-state index in [1.54, 1.807) is 7.05 Å². The number of halogens is 3. The lowest BCUT2D eigenvalue weighted by molar-refractivity contribution is 0.152. The Hall–Kier alpha value is -0.860. The van der Waals surface area contributed by atoms with Gasteiger partial charge in [0.1, 0.15) is 0 Å². The van der Waals surface area contributed by atoms with Crippen LogP contribution in [0.2, 0.25) is 0 Å². The second kappa shape index (κ2) is 9.20. The van der Waals surface area contributed by atoms with E-state index in [2.05, 4.69) is 15.6 Å². The highest BCUT2D eigenvalue weighted by atomic mass is 127. The zero-order valence-corrected chi connectivity index (χ0v) is 11.9. The van der Waals surface area contributed by atoms with Crippen LogP contribution in [-0.4, -0.2) is 37.1 Å². The monoisotopic (exact) mass is 358 g/mol. The van der Waals surface area contributed by atoms with E-state index in [0.29, 0.717) is 12.5 Å². The van der Waals surface area contributed by atoms with Crippen molar-refractivity contribution in [3.05, 3.63) is 24.5 Å². The first-order valence-electron chi connectivity index (χ1n) is 5.06. The maximum Gasteiger partial charge on any atom is 0.255 e. The Morgan fingerprint density at radius 1 is 1.29 bits per heavy atom. The van der Waals surface area contributed by atoms with Crippen molar-refractivity contribution in [2.75, 3.05) is 20.1 Å². The lowest BCUT2D eigenvalue weighted by atomic mass is 10.6. The number of rotatable bonds is 5. The molecule has 98 valence electrons. The van der Waals surface area contributed by atoms with Gasteiger partial charge in [-0.1, -0.05) is 0 Å². The van der Waals surface area contributed by atoms with Gasteiger partial charge in [-0.3, -0.25) is 4.99 Å². The third-order valence-electron chi connectivity index (χ3n) is 1.98. The van der Waals surface area contributed by atoms with Crippen molar-refractivity contribution in [3.63, 3.8) is 0 Å². The third-order valence-corrected chi connectivity index (χ3v) is 1.98. The van der Waals surface area contributed by atoms with Gasteiger partial charge in [0.25, 0.3) is 6.43 Å². The molecule has 1 heterocycles. The summed E-state index contributed by atoms with van der Waals surface area (Å²) in [6, 6.07) is 3.87. The summed E-state index contributed by atoms with van der Waals surface area (Å²) < 4.78 is 25.8. The third kappa shape index (κ3) is 7.14. The molecule has 1 rings (SSSR count). The van der Waals surface area contributed by atoms with Gasteiger partial charge in [0.15, 0.2) is 5.96 Å². The van der Waals surface area contributed by atoms with Crippen LogP contribution in [0.5, 0.6) is 0 Å². The van der Waals surface area contributed by atoms with Crippen molar-refractivity contribution in [2.45, 2.75) is 13.0 Å². The van der Waals surface area contributed by atoms with Crippen molar-refractivity contribution in [1.82, 2.24) is 15.2 Å². The Bertz CT molecular complexity index is 314. The molecule has 0 aliphatic rings. The van der Waals surface area contributed by atoms with E-state index >= 15 is 0 Å². The first-order chi connectivity index (χ1) is 7.72. The van der Waals surface area contributed by atoms with Crippen LogP contribution in [0, 0.1) is 0 Å². The van der Waals surface area contributed by atoms with Gasteiger partial charge in [0.2, 0.25) is 0 Å². The largest absolute Gasteiger partial charge is 0.355 e. The Morgan fingerprint density at radius 3 is 2.47 bits per heavy atom. The molecule has 1 aromatic rings. The maximum absolute atomic E-state index is 11.9. The van der Waals surface area contributed by atoms with Crippen LogP contribution >= 0.6 is 24.0 Å². The van der Waals surface area contributed by atoms with Crippen LogP contribution < -0.4 is 10.6 Å². The molecule has 17 heavy (non-hydrogen) atoms. The molecule has 0 atom stereocenters. The molecule has 0 spiro atoms. The molecule has 2 N–H and O–H groups in total. The number of nitrogens with one attached hydrogen (secondary N) is 2. The van der Waals surface area contributed by atoms with Crippen LogP contribution in [0.3, 0.4) is 0 Å². The minimum absolute atomic E-state index is 0. The fraction of sp³-hybridized carbons (Fsp3) is 0.500. The molecule has 0 aromatic carbocycles. The molecule has 1 aromatic heterocycles. The van der Waals surface area contributed by atoms with Crippen molar-refractivity contribution in [1.29, 1.82) is 0 Å². The first-order valence-corrected chi connectivity index (χ1v) is 5.06. The Balaban J connectivity index is 0.00000256. The average Bonchev–Trinajstić information content (AvgIpc) is 2.75. The molecular weight excluding hydrogens is 341 g/mol. The summed E-state index contributed by atoms with van der Waals surface area (Å²) >= 11 is 0. The fourth-order valence-electron chi connectivity index (χ4n) is 1.22. The maximum atomic E-state index is 11.9. The predicted molar refractivity (Wildman–Crippen MR) is 75.2 cm³/mol. The Labute approximate surface area is 117 Å². The Morgan fingerprint density at radius 2 is 1.94 bits per heavy atom. The number of alkyl halides is 2. The number of hydrogen-bond acceptors (Lipinski definition) is 1. The highest BCUT2D eigenvalue weighted by Gasteiger charge is 2.03. The van der Waals surface area contributed by atoms with E-state index in [-0.39, 0.29) is 30.5 Å². The molecule has 0 saturated heterocycles. The van der Waals surface area contributed by atoms with E-state index in [9.17, 15) is 8.78 Å². The molecule has 7 heteroatoms. The van der Waals surface area contributed by atoms with Gasteiger partial charge in [-0.25, -0.2) is 8.78 Å². The standard InChI is InChI=1S/C10H16F2N4.HI/c1-13-10(15-8-9(11)12)14-4-7-16-5-2-3-6-16;/h2-3,5-6,9H,4,7-8H2,1H3,(H2,13,14,15);1H. The van der Waals surface area contributed by atoms with Gasteiger partial charge < -0.3 is 15.2 Å². The molecule has 0 radical (unpaired) electrons. The number of guanidine groups is 1. The van der Waals surface area contributed by atoms with Gasteiger partial charge in [-0.2, -0.15) is 0 Å². The molecule has 0 bridgehead atoms. The normalized spacial score (nSPS) is 11.2. The second-order valence-electron chi connectivity index (χ2n) is 3.19. The number of aromatic nitrogens is 1. The smallest absolute Gasteiger partial charge is 0.255 e. The summed E-state index contributed by atoms with van der Waals surface area (Å²) in [5.74, 6) is 0.396. The molecule has 0 saturated carbocycles. The van der Waals surface area contributed by atoms with E-state index in [0.717, 1.165) is 6.54 Å². The Kier molecular flexibility index (Phi) is 8.73. The van der Waals surface area contributed by atoms with Gasteiger partial charge >= 0.3 is 0 Å². The van der Waals surface area contributed by atoms with Crippen LogP contribution in [-0.2, 0) is 6.54 Å². The average molecular weight is 358 g/mol. The number of aliphatic imine (C=N–C) groups is 1. The van der Waals surface area contributed by atoms with Crippen LogP contribution in [0.25, 0.3) is 0 Å².